The van der Waals surface area contributed by atoms with Gasteiger partial charge in [0.05, 0.1) is 12.0 Å². The van der Waals surface area contributed by atoms with Crippen molar-refractivity contribution in [1.29, 1.82) is 0 Å². The number of phenols is 1. The zero-order chi connectivity index (χ0) is 14.8. The van der Waals surface area contributed by atoms with Crippen LogP contribution in [0, 0.1) is 15.5 Å². The number of benzene rings is 1. The number of nitro groups is 1. The summed E-state index contributed by atoms with van der Waals surface area (Å²) in [5.41, 5.74) is 5.29. The molecule has 0 saturated carbocycles. The minimum absolute atomic E-state index is 0.0200. The van der Waals surface area contributed by atoms with E-state index in [1.807, 2.05) is 0 Å². The molecule has 0 bridgehead atoms. The van der Waals surface area contributed by atoms with Crippen LogP contribution < -0.4 is 10.5 Å². The maximum atomic E-state index is 10.9. The first-order chi connectivity index (χ1) is 8.74. The molecule has 0 heterocycles. The number of phenolic OH excluding ortho intramolecular Hbond substituents is 1. The maximum Gasteiger partial charge on any atom is 0.314 e. The Morgan fingerprint density at radius 2 is 2.11 bits per heavy atom. The van der Waals surface area contributed by atoms with E-state index >= 15 is 0 Å². The van der Waals surface area contributed by atoms with Crippen molar-refractivity contribution in [3.8, 4) is 11.5 Å². The number of aliphatic hydroxyl groups is 1. The molecule has 0 aliphatic heterocycles. The van der Waals surface area contributed by atoms with E-state index in [9.17, 15) is 20.3 Å². The summed E-state index contributed by atoms with van der Waals surface area (Å²) in [5.74, 6) is -0.557. The number of ether oxygens (including phenoxy) is 1. The zero-order valence-corrected chi connectivity index (χ0v) is 11.1. The van der Waals surface area contributed by atoms with Crippen LogP contribution in [0.2, 0.25) is 0 Å². The van der Waals surface area contributed by atoms with Gasteiger partial charge < -0.3 is 20.7 Å². The molecule has 0 saturated heterocycles. The molecular formula is C12H18N2O5. The van der Waals surface area contributed by atoms with Gasteiger partial charge in [-0.25, -0.2) is 0 Å². The van der Waals surface area contributed by atoms with Crippen molar-refractivity contribution >= 4 is 5.69 Å². The Morgan fingerprint density at radius 1 is 1.53 bits per heavy atom. The van der Waals surface area contributed by atoms with Crippen molar-refractivity contribution < 1.29 is 19.9 Å². The van der Waals surface area contributed by atoms with Crippen molar-refractivity contribution in [1.82, 2.24) is 0 Å². The summed E-state index contributed by atoms with van der Waals surface area (Å²) in [7, 11) is 1.30. The molecule has 0 amide bonds. The topological polar surface area (TPSA) is 119 Å². The smallest absolute Gasteiger partial charge is 0.314 e. The Morgan fingerprint density at radius 3 is 2.53 bits per heavy atom. The summed E-state index contributed by atoms with van der Waals surface area (Å²) >= 11 is 0. The third kappa shape index (κ3) is 2.94. The number of rotatable bonds is 5. The number of aromatic hydroxyl groups is 1. The maximum absolute atomic E-state index is 10.9. The van der Waals surface area contributed by atoms with E-state index in [4.69, 9.17) is 10.5 Å². The molecule has 1 atom stereocenters. The molecule has 0 fully saturated rings. The number of hydrogen-bond acceptors (Lipinski definition) is 6. The molecule has 1 aromatic rings. The normalized spacial score (nSPS) is 13.1. The van der Waals surface area contributed by atoms with Crippen LogP contribution in [-0.4, -0.2) is 28.9 Å². The van der Waals surface area contributed by atoms with Gasteiger partial charge in [-0.15, -0.1) is 0 Å². The minimum atomic E-state index is -0.708. The van der Waals surface area contributed by atoms with E-state index in [-0.39, 0.29) is 12.4 Å². The van der Waals surface area contributed by atoms with E-state index in [0.717, 1.165) is 0 Å². The van der Waals surface area contributed by atoms with Crippen LogP contribution in [0.4, 0.5) is 5.69 Å². The Bertz CT molecular complexity index is 487. The van der Waals surface area contributed by atoms with Crippen LogP contribution in [0.3, 0.4) is 0 Å². The average Bonchev–Trinajstić information content (AvgIpc) is 2.37. The summed E-state index contributed by atoms with van der Waals surface area (Å²) in [6, 6.07) is 2.00. The van der Waals surface area contributed by atoms with Crippen LogP contribution in [0.5, 0.6) is 11.5 Å². The molecule has 106 valence electrons. The second kappa shape index (κ2) is 5.41. The second-order valence-electron chi connectivity index (χ2n) is 4.97. The number of nitrogens with zero attached hydrogens (tertiary/aromatic N) is 1. The molecular weight excluding hydrogens is 252 g/mol. The number of hydrogen-bond donors (Lipinski definition) is 3. The van der Waals surface area contributed by atoms with Crippen molar-refractivity contribution in [2.24, 2.45) is 11.1 Å². The molecule has 0 unspecified atom stereocenters. The quantitative estimate of drug-likeness (QED) is 0.548. The molecule has 0 aliphatic rings. The first-order valence-corrected chi connectivity index (χ1v) is 5.66. The van der Waals surface area contributed by atoms with Gasteiger partial charge in [-0.2, -0.15) is 0 Å². The fourth-order valence-corrected chi connectivity index (χ4v) is 1.64. The van der Waals surface area contributed by atoms with Crippen LogP contribution in [-0.2, 0) is 0 Å². The Kier molecular flexibility index (Phi) is 4.33. The van der Waals surface area contributed by atoms with Gasteiger partial charge in [-0.3, -0.25) is 10.1 Å². The molecule has 4 N–H and O–H groups in total. The van der Waals surface area contributed by atoms with Gasteiger partial charge in [0.15, 0.2) is 5.75 Å². The van der Waals surface area contributed by atoms with Gasteiger partial charge in [-0.1, -0.05) is 13.8 Å². The molecule has 7 nitrogen and oxygen atoms in total. The predicted octanol–water partition coefficient (Wildman–Crippen LogP) is 1.33. The lowest BCUT2D eigenvalue weighted by atomic mass is 9.81. The fraction of sp³-hybridized carbons (Fsp3) is 0.500. The third-order valence-electron chi connectivity index (χ3n) is 3.10. The fourth-order valence-electron chi connectivity index (χ4n) is 1.64. The van der Waals surface area contributed by atoms with Crippen LogP contribution in [0.1, 0.15) is 25.5 Å². The van der Waals surface area contributed by atoms with Gasteiger partial charge in [-0.05, 0) is 11.6 Å². The first-order valence-electron chi connectivity index (χ1n) is 5.66. The van der Waals surface area contributed by atoms with E-state index < -0.39 is 27.8 Å². The highest BCUT2D eigenvalue weighted by atomic mass is 16.6. The molecule has 0 aliphatic carbocycles. The van der Waals surface area contributed by atoms with Crippen LogP contribution >= 0.6 is 0 Å². The Labute approximate surface area is 110 Å². The molecule has 19 heavy (non-hydrogen) atoms. The van der Waals surface area contributed by atoms with E-state index in [1.54, 1.807) is 13.8 Å². The molecule has 0 spiro atoms. The van der Waals surface area contributed by atoms with Gasteiger partial charge in [0.2, 0.25) is 5.75 Å². The lowest BCUT2D eigenvalue weighted by Crippen LogP contribution is -2.32. The van der Waals surface area contributed by atoms with Crippen LogP contribution in [0.15, 0.2) is 12.1 Å². The highest BCUT2D eigenvalue weighted by Gasteiger charge is 2.30. The standard InChI is InChI=1S/C12H18N2O5/c1-12(2,6-15)11(13)7-4-8(14(17)18)10(16)9(5-7)19-3/h4-5,11,15-16H,6,13H2,1-3H3/t11-/m0/s1. The lowest BCUT2D eigenvalue weighted by Gasteiger charge is -2.29. The summed E-state index contributed by atoms with van der Waals surface area (Å²) in [6.07, 6.45) is 0. The van der Waals surface area contributed by atoms with Crippen molar-refractivity contribution in [2.45, 2.75) is 19.9 Å². The average molecular weight is 270 g/mol. The zero-order valence-electron chi connectivity index (χ0n) is 11.1. The molecule has 0 radical (unpaired) electrons. The summed E-state index contributed by atoms with van der Waals surface area (Å²) in [4.78, 5) is 10.2. The minimum Gasteiger partial charge on any atom is -0.500 e. The Hall–Kier alpha value is -1.86. The summed E-state index contributed by atoms with van der Waals surface area (Å²) in [5, 5.41) is 29.8. The monoisotopic (exact) mass is 270 g/mol. The highest BCUT2D eigenvalue weighted by molar-refractivity contribution is 5.57. The Balaban J connectivity index is 3.37. The van der Waals surface area contributed by atoms with Crippen molar-refractivity contribution in [2.75, 3.05) is 13.7 Å². The number of aliphatic hydroxyl groups excluding tert-OH is 1. The third-order valence-corrected chi connectivity index (χ3v) is 3.10. The van der Waals surface area contributed by atoms with Gasteiger partial charge >= 0.3 is 5.69 Å². The molecule has 1 rings (SSSR count). The SMILES string of the molecule is COc1cc([C@H](N)C(C)(C)CO)cc([N+](=O)[O-])c1O. The molecule has 0 aromatic heterocycles. The summed E-state index contributed by atoms with van der Waals surface area (Å²) in [6.45, 7) is 3.30. The number of methoxy groups -OCH3 is 1. The largest absolute Gasteiger partial charge is 0.500 e. The molecule has 1 aromatic carbocycles. The van der Waals surface area contributed by atoms with Gasteiger partial charge in [0, 0.05) is 24.1 Å². The number of nitro benzene ring substituents is 1. The van der Waals surface area contributed by atoms with Gasteiger partial charge in [0.1, 0.15) is 0 Å². The van der Waals surface area contributed by atoms with Gasteiger partial charge in [0.25, 0.3) is 0 Å². The first kappa shape index (κ1) is 15.2. The molecule has 7 heteroatoms. The van der Waals surface area contributed by atoms with E-state index in [2.05, 4.69) is 0 Å². The van der Waals surface area contributed by atoms with Crippen molar-refractivity contribution in [3.05, 3.63) is 27.8 Å². The van der Waals surface area contributed by atoms with Crippen molar-refractivity contribution in [3.63, 3.8) is 0 Å². The second-order valence-corrected chi connectivity index (χ2v) is 4.97. The predicted molar refractivity (Wildman–Crippen MR) is 69.1 cm³/mol. The van der Waals surface area contributed by atoms with Crippen LogP contribution in [0.25, 0.3) is 0 Å². The number of nitrogens with two attached hydrogens (primary N) is 1. The van der Waals surface area contributed by atoms with E-state index in [0.29, 0.717) is 5.56 Å². The lowest BCUT2D eigenvalue weighted by molar-refractivity contribution is -0.386. The summed E-state index contributed by atoms with van der Waals surface area (Å²) < 4.78 is 4.90. The van der Waals surface area contributed by atoms with E-state index in [1.165, 1.54) is 19.2 Å². The highest BCUT2D eigenvalue weighted by Crippen LogP contribution is 2.41.